The van der Waals surface area contributed by atoms with Crippen molar-refractivity contribution in [1.82, 2.24) is 0 Å². The lowest BCUT2D eigenvalue weighted by atomic mass is 10.0. The van der Waals surface area contributed by atoms with Crippen LogP contribution in [0.15, 0.2) is 12.1 Å². The Hall–Kier alpha value is -2.38. The molecular formula is C24H42N4O4. The summed E-state index contributed by atoms with van der Waals surface area (Å²) in [5.41, 5.74) is 5.06. The summed E-state index contributed by atoms with van der Waals surface area (Å²) in [6.07, 6.45) is 20.7. The van der Waals surface area contributed by atoms with Gasteiger partial charge in [0.25, 0.3) is 11.4 Å². The Morgan fingerprint density at radius 2 is 1.09 bits per heavy atom. The molecule has 8 nitrogen and oxygen atoms in total. The first kappa shape index (κ1) is 27.7. The molecule has 0 aliphatic heterocycles. The number of nitrogens with one attached hydrogen (secondary N) is 1. The van der Waals surface area contributed by atoms with E-state index in [1.54, 1.807) is 0 Å². The van der Waals surface area contributed by atoms with Crippen LogP contribution in [0.5, 0.6) is 0 Å². The average Bonchev–Trinajstić information content (AvgIpc) is 2.75. The molecule has 182 valence electrons. The third-order valence-electron chi connectivity index (χ3n) is 5.88. The molecule has 0 saturated heterocycles. The predicted molar refractivity (Wildman–Crippen MR) is 132 cm³/mol. The van der Waals surface area contributed by atoms with Gasteiger partial charge in [0.1, 0.15) is 11.4 Å². The molecule has 0 bridgehead atoms. The van der Waals surface area contributed by atoms with Gasteiger partial charge in [-0.1, -0.05) is 103 Å². The maximum atomic E-state index is 11.2. The molecule has 0 heterocycles. The highest BCUT2D eigenvalue weighted by Crippen LogP contribution is 2.34. The van der Waals surface area contributed by atoms with Crippen molar-refractivity contribution in [2.45, 2.75) is 110 Å². The second kappa shape index (κ2) is 17.2. The summed E-state index contributed by atoms with van der Waals surface area (Å²) in [6, 6.07) is 2.20. The second-order valence-electron chi connectivity index (χ2n) is 8.67. The Morgan fingerprint density at radius 1 is 0.688 bits per heavy atom. The van der Waals surface area contributed by atoms with E-state index in [9.17, 15) is 20.2 Å². The van der Waals surface area contributed by atoms with Crippen molar-refractivity contribution in [1.29, 1.82) is 0 Å². The van der Waals surface area contributed by atoms with E-state index >= 15 is 0 Å². The third-order valence-corrected chi connectivity index (χ3v) is 5.88. The second-order valence-corrected chi connectivity index (χ2v) is 8.67. The molecule has 0 fully saturated rings. The number of unbranched alkanes of at least 4 members (excludes halogenated alkanes) is 15. The van der Waals surface area contributed by atoms with Gasteiger partial charge in [0.05, 0.1) is 15.9 Å². The zero-order chi connectivity index (χ0) is 23.6. The van der Waals surface area contributed by atoms with Crippen molar-refractivity contribution in [2.24, 2.45) is 0 Å². The normalized spacial score (nSPS) is 10.9. The van der Waals surface area contributed by atoms with Crippen LogP contribution in [0, 0.1) is 20.2 Å². The number of nitro benzene ring substituents is 2. The molecule has 0 amide bonds. The lowest BCUT2D eigenvalue weighted by Gasteiger charge is -2.08. The smallest absolute Gasteiger partial charge is 0.299 e. The SMILES string of the molecule is CCCCCCCCCCCCCCCCCCNc1cc(N)c([N+](=O)[O-])cc1[N+](=O)[O-]. The highest BCUT2D eigenvalue weighted by Gasteiger charge is 2.22. The predicted octanol–water partition coefficient (Wildman–Crippen LogP) is 7.76. The highest BCUT2D eigenvalue weighted by atomic mass is 16.6. The minimum atomic E-state index is -0.707. The fraction of sp³-hybridized carbons (Fsp3) is 0.750. The van der Waals surface area contributed by atoms with E-state index in [0.29, 0.717) is 6.54 Å². The lowest BCUT2D eigenvalue weighted by Crippen LogP contribution is -2.06. The van der Waals surface area contributed by atoms with E-state index < -0.39 is 15.5 Å². The lowest BCUT2D eigenvalue weighted by molar-refractivity contribution is -0.393. The van der Waals surface area contributed by atoms with Crippen LogP contribution >= 0.6 is 0 Å². The van der Waals surface area contributed by atoms with Crippen LogP contribution < -0.4 is 11.1 Å². The Kier molecular flexibility index (Phi) is 14.9. The van der Waals surface area contributed by atoms with E-state index in [0.717, 1.165) is 25.3 Å². The highest BCUT2D eigenvalue weighted by molar-refractivity contribution is 5.75. The number of nitrogens with two attached hydrogens (primary N) is 1. The minimum Gasteiger partial charge on any atom is -0.393 e. The molecule has 1 aromatic rings. The molecule has 0 radical (unpaired) electrons. The van der Waals surface area contributed by atoms with Crippen LogP contribution in [0.2, 0.25) is 0 Å². The quantitative estimate of drug-likeness (QED) is 0.0905. The maximum Gasteiger partial charge on any atom is 0.299 e. The Balaban J connectivity index is 2.04. The zero-order valence-corrected chi connectivity index (χ0v) is 19.8. The molecule has 0 unspecified atom stereocenters. The summed E-state index contributed by atoms with van der Waals surface area (Å²) >= 11 is 0. The summed E-state index contributed by atoms with van der Waals surface area (Å²) in [4.78, 5) is 20.8. The molecular weight excluding hydrogens is 408 g/mol. The number of anilines is 2. The van der Waals surface area contributed by atoms with E-state index in [1.807, 2.05) is 0 Å². The summed E-state index contributed by atoms with van der Waals surface area (Å²) < 4.78 is 0. The molecule has 8 heteroatoms. The topological polar surface area (TPSA) is 124 Å². The fourth-order valence-corrected chi connectivity index (χ4v) is 3.94. The standard InChI is InChI=1S/C24H42N4O4/c1-2-3-4-5-6-7-8-9-10-11-12-13-14-15-16-17-18-26-22-19-21(25)23(27(29)30)20-24(22)28(31)32/h19-20,26H,2-18,25H2,1H3. The van der Waals surface area contributed by atoms with Crippen LogP contribution in [-0.4, -0.2) is 16.4 Å². The molecule has 0 aliphatic rings. The van der Waals surface area contributed by atoms with Gasteiger partial charge >= 0.3 is 0 Å². The Labute approximate surface area is 192 Å². The van der Waals surface area contributed by atoms with Gasteiger partial charge in [-0.25, -0.2) is 0 Å². The Morgan fingerprint density at radius 3 is 1.50 bits per heavy atom. The monoisotopic (exact) mass is 450 g/mol. The Bertz CT molecular complexity index is 682. The third kappa shape index (κ3) is 11.9. The van der Waals surface area contributed by atoms with Gasteiger partial charge in [-0.05, 0) is 12.5 Å². The number of hydrogen-bond acceptors (Lipinski definition) is 6. The van der Waals surface area contributed by atoms with Crippen molar-refractivity contribution in [2.75, 3.05) is 17.6 Å². The first-order valence-corrected chi connectivity index (χ1v) is 12.4. The van der Waals surface area contributed by atoms with Gasteiger partial charge in [0.2, 0.25) is 0 Å². The molecule has 32 heavy (non-hydrogen) atoms. The van der Waals surface area contributed by atoms with Gasteiger partial charge in [0, 0.05) is 6.54 Å². The molecule has 0 atom stereocenters. The van der Waals surface area contributed by atoms with Gasteiger partial charge < -0.3 is 11.1 Å². The van der Waals surface area contributed by atoms with Crippen molar-refractivity contribution in [3.8, 4) is 0 Å². The summed E-state index contributed by atoms with van der Waals surface area (Å²) in [5.74, 6) is 0. The molecule has 0 spiro atoms. The fourth-order valence-electron chi connectivity index (χ4n) is 3.94. The van der Waals surface area contributed by atoms with Gasteiger partial charge in [0.15, 0.2) is 0 Å². The van der Waals surface area contributed by atoms with Crippen LogP contribution in [0.25, 0.3) is 0 Å². The van der Waals surface area contributed by atoms with Crippen LogP contribution in [-0.2, 0) is 0 Å². The zero-order valence-electron chi connectivity index (χ0n) is 19.8. The summed E-state index contributed by atoms with van der Waals surface area (Å²) in [5, 5.41) is 25.1. The average molecular weight is 451 g/mol. The van der Waals surface area contributed by atoms with Gasteiger partial charge in [-0.2, -0.15) is 0 Å². The first-order valence-electron chi connectivity index (χ1n) is 12.4. The number of nitrogen functional groups attached to an aromatic ring is 1. The van der Waals surface area contributed by atoms with Gasteiger partial charge in [-0.3, -0.25) is 20.2 Å². The number of benzene rings is 1. The molecule has 1 rings (SSSR count). The molecule has 0 aliphatic carbocycles. The van der Waals surface area contributed by atoms with E-state index in [2.05, 4.69) is 12.2 Å². The minimum absolute atomic E-state index is 0.0740. The summed E-state index contributed by atoms with van der Waals surface area (Å²) in [6.45, 7) is 2.84. The first-order chi connectivity index (χ1) is 15.5. The van der Waals surface area contributed by atoms with Crippen molar-refractivity contribution >= 4 is 22.7 Å². The van der Waals surface area contributed by atoms with Crippen LogP contribution in [0.4, 0.5) is 22.7 Å². The van der Waals surface area contributed by atoms with Crippen molar-refractivity contribution < 1.29 is 9.85 Å². The van der Waals surface area contributed by atoms with Crippen LogP contribution in [0.3, 0.4) is 0 Å². The van der Waals surface area contributed by atoms with E-state index in [-0.39, 0.29) is 17.1 Å². The number of rotatable bonds is 20. The molecule has 3 N–H and O–H groups in total. The number of nitrogens with zero attached hydrogens (tertiary/aromatic N) is 2. The maximum absolute atomic E-state index is 11.2. The summed E-state index contributed by atoms with van der Waals surface area (Å²) in [7, 11) is 0. The van der Waals surface area contributed by atoms with Gasteiger partial charge in [-0.15, -0.1) is 0 Å². The molecule has 1 aromatic carbocycles. The van der Waals surface area contributed by atoms with E-state index in [4.69, 9.17) is 5.73 Å². The molecule has 0 aromatic heterocycles. The van der Waals surface area contributed by atoms with Crippen molar-refractivity contribution in [3.63, 3.8) is 0 Å². The largest absolute Gasteiger partial charge is 0.393 e. The number of hydrogen-bond donors (Lipinski definition) is 2. The number of nitro groups is 2. The van der Waals surface area contributed by atoms with E-state index in [1.165, 1.54) is 89.5 Å². The van der Waals surface area contributed by atoms with Crippen LogP contribution in [0.1, 0.15) is 110 Å². The van der Waals surface area contributed by atoms with Crippen molar-refractivity contribution in [3.05, 3.63) is 32.4 Å². The molecule has 0 saturated carbocycles.